The number of fused-ring (bicyclic) bond motifs is 1. The van der Waals surface area contributed by atoms with Crippen molar-refractivity contribution in [1.29, 1.82) is 0 Å². The van der Waals surface area contributed by atoms with E-state index in [1.165, 1.54) is 0 Å². The van der Waals surface area contributed by atoms with Crippen LogP contribution in [-0.2, 0) is 4.74 Å². The Kier molecular flexibility index (Phi) is 4.82. The van der Waals surface area contributed by atoms with E-state index >= 15 is 0 Å². The van der Waals surface area contributed by atoms with Crippen molar-refractivity contribution >= 4 is 11.5 Å². The summed E-state index contributed by atoms with van der Waals surface area (Å²) in [5.41, 5.74) is 3.00. The molecule has 23 heavy (non-hydrogen) atoms. The number of nitrogens with one attached hydrogen (secondary N) is 1. The van der Waals surface area contributed by atoms with Gasteiger partial charge in [0.2, 0.25) is 0 Å². The predicted octanol–water partition coefficient (Wildman–Crippen LogP) is 2.29. The van der Waals surface area contributed by atoms with Gasteiger partial charge in [-0.05, 0) is 19.8 Å². The van der Waals surface area contributed by atoms with Gasteiger partial charge in [0.1, 0.15) is 5.82 Å². The molecule has 1 aliphatic heterocycles. The van der Waals surface area contributed by atoms with Gasteiger partial charge in [0, 0.05) is 43.5 Å². The first-order valence-electron chi connectivity index (χ1n) is 8.47. The number of anilines is 1. The van der Waals surface area contributed by atoms with Crippen LogP contribution in [0.1, 0.15) is 38.1 Å². The van der Waals surface area contributed by atoms with Gasteiger partial charge in [-0.15, -0.1) is 0 Å². The Hall–Kier alpha value is -1.66. The minimum absolute atomic E-state index is 0.396. The molecule has 0 saturated carbocycles. The van der Waals surface area contributed by atoms with Crippen LogP contribution in [0.3, 0.4) is 0 Å². The first-order chi connectivity index (χ1) is 11.0. The zero-order chi connectivity index (χ0) is 16.4. The van der Waals surface area contributed by atoms with E-state index in [2.05, 4.69) is 42.2 Å². The molecular weight excluding hydrogens is 290 g/mol. The molecule has 0 amide bonds. The first-order valence-corrected chi connectivity index (χ1v) is 8.47. The lowest BCUT2D eigenvalue weighted by molar-refractivity contribution is 0.0227. The van der Waals surface area contributed by atoms with Crippen LogP contribution in [0.2, 0.25) is 0 Å². The van der Waals surface area contributed by atoms with Crippen molar-refractivity contribution in [3.05, 3.63) is 23.5 Å². The molecule has 2 aromatic rings. The molecule has 0 aromatic carbocycles. The molecule has 0 radical (unpaired) electrons. The molecule has 1 atom stereocenters. The molecule has 126 valence electrons. The molecule has 3 rings (SSSR count). The number of aromatic nitrogens is 3. The molecule has 1 saturated heterocycles. The summed E-state index contributed by atoms with van der Waals surface area (Å²) in [5, 5.41) is 8.13. The van der Waals surface area contributed by atoms with Crippen molar-refractivity contribution in [2.45, 2.75) is 39.7 Å². The number of morpholine rings is 1. The van der Waals surface area contributed by atoms with E-state index in [1.807, 2.05) is 17.5 Å². The summed E-state index contributed by atoms with van der Waals surface area (Å²) in [5.74, 6) is 1.42. The van der Waals surface area contributed by atoms with Crippen molar-refractivity contribution in [3.8, 4) is 0 Å². The van der Waals surface area contributed by atoms with Gasteiger partial charge < -0.3 is 10.1 Å². The highest BCUT2D eigenvalue weighted by atomic mass is 16.5. The van der Waals surface area contributed by atoms with Crippen LogP contribution < -0.4 is 5.32 Å². The van der Waals surface area contributed by atoms with Crippen molar-refractivity contribution in [2.75, 3.05) is 38.2 Å². The second-order valence-electron chi connectivity index (χ2n) is 6.65. The first kappa shape index (κ1) is 16.2. The molecule has 6 heteroatoms. The van der Waals surface area contributed by atoms with Crippen LogP contribution in [0, 0.1) is 6.92 Å². The summed E-state index contributed by atoms with van der Waals surface area (Å²) in [6, 6.07) is 4.61. The predicted molar refractivity (Wildman–Crippen MR) is 92.2 cm³/mol. The van der Waals surface area contributed by atoms with Gasteiger partial charge >= 0.3 is 0 Å². The van der Waals surface area contributed by atoms with Crippen LogP contribution in [0.15, 0.2) is 12.1 Å². The van der Waals surface area contributed by atoms with Crippen molar-refractivity contribution in [1.82, 2.24) is 19.5 Å². The Labute approximate surface area is 137 Å². The smallest absolute Gasteiger partial charge is 0.157 e. The highest BCUT2D eigenvalue weighted by Crippen LogP contribution is 2.20. The molecule has 2 aromatic heterocycles. The zero-order valence-electron chi connectivity index (χ0n) is 14.5. The number of aryl methyl sites for hydroxylation is 1. The second kappa shape index (κ2) is 6.84. The summed E-state index contributed by atoms with van der Waals surface area (Å²) in [7, 11) is 0. The van der Waals surface area contributed by atoms with Gasteiger partial charge in [-0.25, -0.2) is 4.98 Å². The van der Waals surface area contributed by atoms with Crippen molar-refractivity contribution < 1.29 is 4.74 Å². The Morgan fingerprint density at radius 2 is 1.96 bits per heavy atom. The van der Waals surface area contributed by atoms with Crippen LogP contribution in [-0.4, -0.2) is 58.4 Å². The summed E-state index contributed by atoms with van der Waals surface area (Å²) in [6.07, 6.45) is 0. The van der Waals surface area contributed by atoms with E-state index < -0.39 is 0 Å². The van der Waals surface area contributed by atoms with Gasteiger partial charge in [-0.3, -0.25) is 4.90 Å². The summed E-state index contributed by atoms with van der Waals surface area (Å²) >= 11 is 0. The van der Waals surface area contributed by atoms with Crippen LogP contribution >= 0.6 is 0 Å². The van der Waals surface area contributed by atoms with E-state index in [4.69, 9.17) is 9.72 Å². The molecule has 0 unspecified atom stereocenters. The lowest BCUT2D eigenvalue weighted by Crippen LogP contribution is -2.45. The molecule has 0 bridgehead atoms. The van der Waals surface area contributed by atoms with Crippen LogP contribution in [0.25, 0.3) is 5.65 Å². The standard InChI is InChI=1S/C17H27N5O/c1-12(2)15-10-16(22-17(19-15)9-13(3)20-22)18-11-14(4)21-5-7-23-8-6-21/h9-10,12,14,18H,5-8,11H2,1-4H3/t14-/m1/s1. The maximum Gasteiger partial charge on any atom is 0.157 e. The average Bonchev–Trinajstić information content (AvgIpc) is 2.93. The quantitative estimate of drug-likeness (QED) is 0.917. The minimum Gasteiger partial charge on any atom is -0.379 e. The van der Waals surface area contributed by atoms with E-state index in [-0.39, 0.29) is 0 Å². The lowest BCUT2D eigenvalue weighted by Gasteiger charge is -2.32. The molecule has 0 aliphatic carbocycles. The van der Waals surface area contributed by atoms with Gasteiger partial charge in [-0.2, -0.15) is 9.61 Å². The fourth-order valence-electron chi connectivity index (χ4n) is 2.93. The molecule has 0 spiro atoms. The Balaban J connectivity index is 1.78. The number of hydrogen-bond acceptors (Lipinski definition) is 5. The Morgan fingerprint density at radius 1 is 1.22 bits per heavy atom. The van der Waals surface area contributed by atoms with E-state index in [9.17, 15) is 0 Å². The molecule has 6 nitrogen and oxygen atoms in total. The monoisotopic (exact) mass is 317 g/mol. The third-order valence-electron chi connectivity index (χ3n) is 4.41. The fourth-order valence-corrected chi connectivity index (χ4v) is 2.93. The minimum atomic E-state index is 0.396. The van der Waals surface area contributed by atoms with Gasteiger partial charge in [-0.1, -0.05) is 13.8 Å². The second-order valence-corrected chi connectivity index (χ2v) is 6.65. The molecule has 1 N–H and O–H groups in total. The molecular formula is C17H27N5O. The van der Waals surface area contributed by atoms with E-state index in [0.717, 1.165) is 55.7 Å². The molecule has 1 fully saturated rings. The topological polar surface area (TPSA) is 54.7 Å². The third kappa shape index (κ3) is 3.64. The largest absolute Gasteiger partial charge is 0.379 e. The summed E-state index contributed by atoms with van der Waals surface area (Å²) in [4.78, 5) is 7.17. The number of nitrogens with zero attached hydrogens (tertiary/aromatic N) is 4. The Bertz CT molecular complexity index is 660. The maximum atomic E-state index is 5.43. The lowest BCUT2D eigenvalue weighted by atomic mass is 10.1. The third-order valence-corrected chi connectivity index (χ3v) is 4.41. The van der Waals surface area contributed by atoms with Gasteiger partial charge in [0.15, 0.2) is 5.65 Å². The Morgan fingerprint density at radius 3 is 2.65 bits per heavy atom. The van der Waals surface area contributed by atoms with E-state index in [0.29, 0.717) is 12.0 Å². The zero-order valence-corrected chi connectivity index (χ0v) is 14.5. The number of ether oxygens (including phenoxy) is 1. The van der Waals surface area contributed by atoms with Gasteiger partial charge in [0.05, 0.1) is 18.9 Å². The summed E-state index contributed by atoms with van der Waals surface area (Å²) in [6.45, 7) is 13.2. The average molecular weight is 317 g/mol. The highest BCUT2D eigenvalue weighted by Gasteiger charge is 2.17. The van der Waals surface area contributed by atoms with Crippen molar-refractivity contribution in [2.24, 2.45) is 0 Å². The van der Waals surface area contributed by atoms with Gasteiger partial charge in [0.25, 0.3) is 0 Å². The van der Waals surface area contributed by atoms with Crippen molar-refractivity contribution in [3.63, 3.8) is 0 Å². The number of hydrogen-bond donors (Lipinski definition) is 1. The fraction of sp³-hybridized carbons (Fsp3) is 0.647. The summed E-state index contributed by atoms with van der Waals surface area (Å²) < 4.78 is 7.34. The SMILES string of the molecule is Cc1cc2nc(C(C)C)cc(NC[C@@H](C)N3CCOCC3)n2n1. The van der Waals surface area contributed by atoms with E-state index in [1.54, 1.807) is 0 Å². The normalized spacial score (nSPS) is 17.8. The molecule has 3 heterocycles. The van der Waals surface area contributed by atoms with Crippen LogP contribution in [0.4, 0.5) is 5.82 Å². The molecule has 1 aliphatic rings. The van der Waals surface area contributed by atoms with Crippen LogP contribution in [0.5, 0.6) is 0 Å². The number of rotatable bonds is 5. The maximum absolute atomic E-state index is 5.43. The highest BCUT2D eigenvalue weighted by molar-refractivity contribution is 5.51.